The summed E-state index contributed by atoms with van der Waals surface area (Å²) in [6.45, 7) is 8.67. The Morgan fingerprint density at radius 1 is 1.37 bits per heavy atom. The van der Waals surface area contributed by atoms with E-state index in [0.717, 1.165) is 41.7 Å². The van der Waals surface area contributed by atoms with Crippen molar-refractivity contribution in [1.82, 2.24) is 9.88 Å². The van der Waals surface area contributed by atoms with Gasteiger partial charge in [0.15, 0.2) is 0 Å². The lowest BCUT2D eigenvalue weighted by Crippen LogP contribution is -2.55. The van der Waals surface area contributed by atoms with Crippen LogP contribution in [0, 0.1) is 11.8 Å². The molecule has 0 amide bonds. The molecule has 2 aromatic rings. The number of aromatic nitrogens is 1. The van der Waals surface area contributed by atoms with Crippen LogP contribution in [0.25, 0.3) is 10.9 Å². The molecule has 0 radical (unpaired) electrons. The van der Waals surface area contributed by atoms with Crippen LogP contribution in [0.5, 0.6) is 5.75 Å². The molecule has 5 rings (SSSR count). The lowest BCUT2D eigenvalue weighted by Gasteiger charge is -2.51. The molecule has 5 atom stereocenters. The molecule has 5 nitrogen and oxygen atoms in total. The van der Waals surface area contributed by atoms with Crippen LogP contribution in [0.1, 0.15) is 31.4 Å². The van der Waals surface area contributed by atoms with Crippen LogP contribution in [0.2, 0.25) is 0 Å². The van der Waals surface area contributed by atoms with Crippen molar-refractivity contribution in [2.45, 2.75) is 31.9 Å². The van der Waals surface area contributed by atoms with Gasteiger partial charge >= 0.3 is 0 Å². The van der Waals surface area contributed by atoms with Crippen molar-refractivity contribution in [2.75, 3.05) is 26.8 Å². The summed E-state index contributed by atoms with van der Waals surface area (Å²) in [5, 5.41) is 1.06. The third-order valence-electron chi connectivity index (χ3n) is 6.08. The number of nitrogens with zero attached hydrogens (tertiary/aromatic N) is 2. The minimum Gasteiger partial charge on any atom is -0.497 e. The molecule has 4 heterocycles. The summed E-state index contributed by atoms with van der Waals surface area (Å²) >= 11 is 0. The van der Waals surface area contributed by atoms with Crippen molar-refractivity contribution in [2.24, 2.45) is 11.8 Å². The zero-order valence-electron chi connectivity index (χ0n) is 16.1. The summed E-state index contributed by atoms with van der Waals surface area (Å²) < 4.78 is 5.44. The molecule has 0 aliphatic carbocycles. The predicted molar refractivity (Wildman–Crippen MR) is 106 cm³/mol. The zero-order chi connectivity index (χ0) is 18.8. The third kappa shape index (κ3) is 3.47. The van der Waals surface area contributed by atoms with Gasteiger partial charge in [0, 0.05) is 24.2 Å². The van der Waals surface area contributed by atoms with E-state index in [1.165, 1.54) is 6.42 Å². The van der Waals surface area contributed by atoms with Gasteiger partial charge in [-0.3, -0.25) is 9.88 Å². The first-order valence-corrected chi connectivity index (χ1v) is 9.82. The van der Waals surface area contributed by atoms with E-state index >= 15 is 0 Å². The second-order valence-corrected chi connectivity index (χ2v) is 7.45. The summed E-state index contributed by atoms with van der Waals surface area (Å²) in [5.74, 6) is 2.08. The van der Waals surface area contributed by atoms with E-state index in [0.29, 0.717) is 24.5 Å². The molecular formula is C22H28N2O3. The molecule has 0 saturated carbocycles. The molecule has 0 spiro atoms. The molecule has 1 unspecified atom stereocenters. The number of rotatable bonds is 7. The quantitative estimate of drug-likeness (QED) is 0.417. The van der Waals surface area contributed by atoms with E-state index in [-0.39, 0.29) is 6.10 Å². The Labute approximate surface area is 160 Å². The first-order valence-electron chi connectivity index (χ1n) is 9.82. The maximum Gasteiger partial charge on any atom is 0.134 e. The molecule has 0 N–H and O–H groups in total. The lowest BCUT2D eigenvalue weighted by atomic mass is 9.73. The van der Waals surface area contributed by atoms with Gasteiger partial charge < -0.3 is 4.74 Å². The minimum atomic E-state index is -0.156. The van der Waals surface area contributed by atoms with E-state index in [2.05, 4.69) is 28.6 Å². The third-order valence-corrected chi connectivity index (χ3v) is 6.08. The molecule has 5 heteroatoms. The Kier molecular flexibility index (Phi) is 5.43. The van der Waals surface area contributed by atoms with Crippen molar-refractivity contribution in [1.29, 1.82) is 0 Å². The van der Waals surface area contributed by atoms with E-state index < -0.39 is 0 Å². The molecule has 3 fully saturated rings. The van der Waals surface area contributed by atoms with Crippen LogP contribution in [0.3, 0.4) is 0 Å². The topological polar surface area (TPSA) is 43.8 Å². The fourth-order valence-corrected chi connectivity index (χ4v) is 4.68. The Morgan fingerprint density at radius 3 is 2.96 bits per heavy atom. The number of ether oxygens (including phenoxy) is 1. The van der Waals surface area contributed by atoms with Crippen LogP contribution in [-0.4, -0.2) is 42.7 Å². The van der Waals surface area contributed by atoms with Crippen LogP contribution in [0.4, 0.5) is 0 Å². The van der Waals surface area contributed by atoms with Gasteiger partial charge in [-0.15, -0.1) is 6.58 Å². The van der Waals surface area contributed by atoms with Gasteiger partial charge in [-0.25, -0.2) is 9.78 Å². The van der Waals surface area contributed by atoms with Gasteiger partial charge in [0.05, 0.1) is 19.2 Å². The average Bonchev–Trinajstić information content (AvgIpc) is 2.74. The van der Waals surface area contributed by atoms with E-state index in [1.54, 1.807) is 7.11 Å². The van der Waals surface area contributed by atoms with Crippen molar-refractivity contribution >= 4 is 10.9 Å². The van der Waals surface area contributed by atoms with E-state index in [4.69, 9.17) is 14.5 Å². The monoisotopic (exact) mass is 368 g/mol. The maximum atomic E-state index is 5.98. The van der Waals surface area contributed by atoms with Crippen LogP contribution in [-0.2, 0) is 9.78 Å². The first-order chi connectivity index (χ1) is 13.2. The summed E-state index contributed by atoms with van der Waals surface area (Å²) in [7, 11) is 1.69. The molecule has 2 bridgehead atoms. The van der Waals surface area contributed by atoms with Crippen molar-refractivity contribution in [3.63, 3.8) is 0 Å². The highest BCUT2D eigenvalue weighted by molar-refractivity contribution is 5.84. The zero-order valence-corrected chi connectivity index (χ0v) is 16.1. The number of hydrogen-bond acceptors (Lipinski definition) is 5. The first kappa shape index (κ1) is 18.4. The number of methoxy groups -OCH3 is 1. The highest BCUT2D eigenvalue weighted by Crippen LogP contribution is 2.43. The summed E-state index contributed by atoms with van der Waals surface area (Å²) in [6.07, 6.45) is 6.16. The van der Waals surface area contributed by atoms with E-state index in [1.807, 2.05) is 31.3 Å². The highest BCUT2D eigenvalue weighted by Gasteiger charge is 2.43. The Balaban J connectivity index is 1.73. The summed E-state index contributed by atoms with van der Waals surface area (Å²) in [6, 6.07) is 8.33. The molecule has 3 saturated heterocycles. The molecule has 3 aliphatic heterocycles. The number of fused-ring (bicyclic) bond motifs is 4. The Hall–Kier alpha value is -1.95. The van der Waals surface area contributed by atoms with Crippen molar-refractivity contribution < 1.29 is 14.5 Å². The van der Waals surface area contributed by atoms with Crippen LogP contribution in [0.15, 0.2) is 43.1 Å². The molecular weight excluding hydrogens is 340 g/mol. The van der Waals surface area contributed by atoms with Crippen LogP contribution >= 0.6 is 0 Å². The number of piperidine rings is 3. The number of hydrogen-bond donors (Lipinski definition) is 0. The number of benzene rings is 1. The van der Waals surface area contributed by atoms with Gasteiger partial charge in [0.1, 0.15) is 11.9 Å². The summed E-state index contributed by atoms with van der Waals surface area (Å²) in [5.41, 5.74) is 2.05. The Morgan fingerprint density at radius 2 is 2.26 bits per heavy atom. The van der Waals surface area contributed by atoms with Crippen molar-refractivity contribution in [3.05, 3.63) is 48.7 Å². The van der Waals surface area contributed by atoms with Crippen LogP contribution < -0.4 is 4.74 Å². The van der Waals surface area contributed by atoms with Crippen molar-refractivity contribution in [3.8, 4) is 5.75 Å². The second-order valence-electron chi connectivity index (χ2n) is 7.45. The minimum absolute atomic E-state index is 0.156. The van der Waals surface area contributed by atoms with E-state index in [9.17, 15) is 0 Å². The fraction of sp³-hybridized carbons (Fsp3) is 0.500. The fourth-order valence-electron chi connectivity index (χ4n) is 4.68. The van der Waals surface area contributed by atoms with Gasteiger partial charge in [0.2, 0.25) is 0 Å². The van der Waals surface area contributed by atoms with Gasteiger partial charge in [-0.2, -0.15) is 0 Å². The molecule has 1 aromatic heterocycles. The Bertz CT molecular complexity index is 809. The van der Waals surface area contributed by atoms with Gasteiger partial charge in [-0.05, 0) is 68.0 Å². The molecule has 27 heavy (non-hydrogen) atoms. The normalized spacial score (nSPS) is 28.2. The lowest BCUT2D eigenvalue weighted by molar-refractivity contribution is -0.338. The molecule has 3 aliphatic rings. The van der Waals surface area contributed by atoms with Gasteiger partial charge in [-0.1, -0.05) is 6.08 Å². The second kappa shape index (κ2) is 7.97. The maximum absolute atomic E-state index is 5.98. The average molecular weight is 368 g/mol. The smallest absolute Gasteiger partial charge is 0.134 e. The highest BCUT2D eigenvalue weighted by atomic mass is 17.2. The standard InChI is InChI=1S/C22H28N2O3/c1-4-15-14-24-11-9-16(15)12-21(24)22(27-26-5-2)18-8-10-23-20-7-6-17(25-3)13-19(18)20/h4,6-8,10,13,15-16,21-22H,1,5,9,11-12,14H2,2-3H3/t15-,16-,21-,22+/m0/s1. The molecule has 1 aromatic carbocycles. The summed E-state index contributed by atoms with van der Waals surface area (Å²) in [4.78, 5) is 18.5. The van der Waals surface area contributed by atoms with Gasteiger partial charge in [0.25, 0.3) is 0 Å². The molecule has 144 valence electrons. The predicted octanol–water partition coefficient (Wildman–Crippen LogP) is 4.15. The number of pyridine rings is 1. The largest absolute Gasteiger partial charge is 0.497 e. The SMILES string of the molecule is C=C[C@H]1CN2CC[C@H]1C[C@H]2[C@H](OOCC)c1ccnc2ccc(OC)cc12.